The molecule has 5 heteroatoms. The molecule has 0 N–H and O–H groups in total. The Hall–Kier alpha value is -2.20. The highest BCUT2D eigenvalue weighted by Gasteiger charge is 2.19. The van der Waals surface area contributed by atoms with Gasteiger partial charge in [-0.25, -0.2) is 0 Å². The predicted molar refractivity (Wildman–Crippen MR) is 127 cm³/mol. The van der Waals surface area contributed by atoms with Gasteiger partial charge in [-0.05, 0) is 47.9 Å². The number of nitrogens with zero attached hydrogens (tertiary/aromatic N) is 2. The summed E-state index contributed by atoms with van der Waals surface area (Å²) in [7, 11) is 1.70. The minimum absolute atomic E-state index is 0.615. The first-order chi connectivity index (χ1) is 14.6. The van der Waals surface area contributed by atoms with Gasteiger partial charge in [-0.15, -0.1) is 0 Å². The minimum atomic E-state index is 0.615. The number of rotatable bonds is 6. The zero-order valence-corrected chi connectivity index (χ0v) is 18.7. The van der Waals surface area contributed by atoms with E-state index in [1.165, 1.54) is 22.4 Å². The Morgan fingerprint density at radius 3 is 2.27 bits per heavy atom. The molecule has 3 nitrogen and oxygen atoms in total. The summed E-state index contributed by atoms with van der Waals surface area (Å²) in [6.45, 7) is 5.19. The molecule has 0 aliphatic carbocycles. The average Bonchev–Trinajstić information content (AvgIpc) is 2.80. The number of ether oxygens (including phenoxy) is 1. The van der Waals surface area contributed by atoms with Crippen molar-refractivity contribution < 1.29 is 4.74 Å². The van der Waals surface area contributed by atoms with Crippen molar-refractivity contribution in [1.82, 2.24) is 4.90 Å². The Morgan fingerprint density at radius 1 is 0.833 bits per heavy atom. The normalized spacial score (nSPS) is 14.7. The van der Waals surface area contributed by atoms with E-state index in [1.807, 2.05) is 24.3 Å². The van der Waals surface area contributed by atoms with Crippen molar-refractivity contribution in [3.63, 3.8) is 0 Å². The van der Waals surface area contributed by atoms with Gasteiger partial charge in [-0.2, -0.15) is 0 Å². The van der Waals surface area contributed by atoms with Crippen LogP contribution >= 0.6 is 23.2 Å². The summed E-state index contributed by atoms with van der Waals surface area (Å²) in [6, 6.07) is 22.9. The minimum Gasteiger partial charge on any atom is -0.497 e. The number of methoxy groups -OCH3 is 1. The van der Waals surface area contributed by atoms with Crippen molar-refractivity contribution in [2.75, 3.05) is 44.7 Å². The number of anilines is 1. The Labute approximate surface area is 188 Å². The molecule has 0 bridgehead atoms. The first-order valence-corrected chi connectivity index (χ1v) is 11.0. The van der Waals surface area contributed by atoms with Crippen LogP contribution in [0.4, 0.5) is 5.69 Å². The third-order valence-corrected chi connectivity index (χ3v) is 6.46. The summed E-state index contributed by atoms with van der Waals surface area (Å²) < 4.78 is 5.30. The molecule has 1 saturated heterocycles. The van der Waals surface area contributed by atoms with Crippen molar-refractivity contribution in [3.05, 3.63) is 82.3 Å². The maximum Gasteiger partial charge on any atom is 0.118 e. The molecule has 3 aromatic rings. The quantitative estimate of drug-likeness (QED) is 0.464. The number of piperazine rings is 1. The summed E-state index contributed by atoms with van der Waals surface area (Å²) in [4.78, 5) is 5.02. The molecule has 1 aliphatic heterocycles. The molecule has 0 saturated carbocycles. The van der Waals surface area contributed by atoms with Gasteiger partial charge in [0.15, 0.2) is 0 Å². The van der Waals surface area contributed by atoms with Gasteiger partial charge in [0.2, 0.25) is 0 Å². The van der Waals surface area contributed by atoms with Crippen molar-refractivity contribution in [2.24, 2.45) is 0 Å². The van der Waals surface area contributed by atoms with Crippen molar-refractivity contribution >= 4 is 28.9 Å². The van der Waals surface area contributed by atoms with Crippen LogP contribution < -0.4 is 9.64 Å². The van der Waals surface area contributed by atoms with Gasteiger partial charge in [0, 0.05) is 44.0 Å². The highest BCUT2D eigenvalue weighted by molar-refractivity contribution is 6.42. The van der Waals surface area contributed by atoms with Crippen molar-refractivity contribution in [1.29, 1.82) is 0 Å². The number of para-hydroxylation sites is 1. The summed E-state index contributed by atoms with van der Waals surface area (Å²) in [5, 5.41) is 1.25. The lowest BCUT2D eigenvalue weighted by Gasteiger charge is -2.37. The van der Waals surface area contributed by atoms with Crippen LogP contribution in [0, 0.1) is 0 Å². The molecule has 1 aliphatic rings. The van der Waals surface area contributed by atoms with Gasteiger partial charge in [-0.1, -0.05) is 59.6 Å². The van der Waals surface area contributed by atoms with Gasteiger partial charge >= 0.3 is 0 Å². The molecular formula is C25H26Cl2N2O. The van der Waals surface area contributed by atoms with E-state index in [-0.39, 0.29) is 0 Å². The lowest BCUT2D eigenvalue weighted by Crippen LogP contribution is -2.47. The standard InChI is InChI=1S/C25H26Cl2N2O/c1-30-21-9-7-20(8-10-21)22-4-2-3-5-25(22)29-16-14-28(15-17-29)13-12-19-6-11-23(26)24(27)18-19/h2-11,18H,12-17H2,1H3. The van der Waals surface area contributed by atoms with Crippen LogP contribution in [-0.4, -0.2) is 44.7 Å². The zero-order valence-electron chi connectivity index (χ0n) is 17.2. The maximum atomic E-state index is 6.15. The molecule has 0 amide bonds. The van der Waals surface area contributed by atoms with E-state index in [9.17, 15) is 0 Å². The van der Waals surface area contributed by atoms with Gasteiger partial charge in [0.25, 0.3) is 0 Å². The second kappa shape index (κ2) is 9.74. The van der Waals surface area contributed by atoms with Crippen molar-refractivity contribution in [3.8, 4) is 16.9 Å². The smallest absolute Gasteiger partial charge is 0.118 e. The zero-order chi connectivity index (χ0) is 20.9. The Morgan fingerprint density at radius 2 is 1.57 bits per heavy atom. The molecular weight excluding hydrogens is 415 g/mol. The van der Waals surface area contributed by atoms with Crippen LogP contribution in [0.3, 0.4) is 0 Å². The third-order valence-electron chi connectivity index (χ3n) is 5.72. The van der Waals surface area contributed by atoms with E-state index in [0.29, 0.717) is 10.0 Å². The van der Waals surface area contributed by atoms with E-state index in [0.717, 1.165) is 44.9 Å². The van der Waals surface area contributed by atoms with E-state index in [2.05, 4.69) is 52.3 Å². The molecule has 1 fully saturated rings. The van der Waals surface area contributed by atoms with Crippen LogP contribution in [-0.2, 0) is 6.42 Å². The molecule has 0 unspecified atom stereocenters. The molecule has 1 heterocycles. The summed E-state index contributed by atoms with van der Waals surface area (Å²) >= 11 is 12.2. The predicted octanol–water partition coefficient (Wildman–Crippen LogP) is 6.03. The second-order valence-corrected chi connectivity index (χ2v) is 8.39. The lowest BCUT2D eigenvalue weighted by atomic mass is 10.0. The molecule has 4 rings (SSSR count). The Bertz CT molecular complexity index is 983. The largest absolute Gasteiger partial charge is 0.497 e. The van der Waals surface area contributed by atoms with E-state index >= 15 is 0 Å². The average molecular weight is 441 g/mol. The molecule has 30 heavy (non-hydrogen) atoms. The van der Waals surface area contributed by atoms with Crippen LogP contribution in [0.5, 0.6) is 5.75 Å². The van der Waals surface area contributed by atoms with Gasteiger partial charge in [0.05, 0.1) is 17.2 Å². The molecule has 0 atom stereocenters. The maximum absolute atomic E-state index is 6.15. The fraction of sp³-hybridized carbons (Fsp3) is 0.280. The number of benzene rings is 3. The Kier molecular flexibility index (Phi) is 6.83. The van der Waals surface area contributed by atoms with Gasteiger partial charge in [0.1, 0.15) is 5.75 Å². The van der Waals surface area contributed by atoms with E-state index in [1.54, 1.807) is 7.11 Å². The highest BCUT2D eigenvalue weighted by atomic mass is 35.5. The van der Waals surface area contributed by atoms with E-state index < -0.39 is 0 Å². The van der Waals surface area contributed by atoms with Crippen LogP contribution in [0.1, 0.15) is 5.56 Å². The first-order valence-electron chi connectivity index (χ1n) is 10.3. The molecule has 0 radical (unpaired) electrons. The first kappa shape index (κ1) is 21.0. The van der Waals surface area contributed by atoms with Crippen LogP contribution in [0.25, 0.3) is 11.1 Å². The number of halogens is 2. The molecule has 156 valence electrons. The topological polar surface area (TPSA) is 15.7 Å². The monoisotopic (exact) mass is 440 g/mol. The summed E-state index contributed by atoms with van der Waals surface area (Å²) in [5.74, 6) is 0.881. The summed E-state index contributed by atoms with van der Waals surface area (Å²) in [5.41, 5.74) is 5.02. The van der Waals surface area contributed by atoms with Gasteiger partial charge in [-0.3, -0.25) is 4.90 Å². The number of hydrogen-bond donors (Lipinski definition) is 0. The molecule has 3 aromatic carbocycles. The van der Waals surface area contributed by atoms with E-state index in [4.69, 9.17) is 27.9 Å². The van der Waals surface area contributed by atoms with Gasteiger partial charge < -0.3 is 9.64 Å². The number of hydrogen-bond acceptors (Lipinski definition) is 3. The summed E-state index contributed by atoms with van der Waals surface area (Å²) in [6.07, 6.45) is 0.985. The molecule has 0 spiro atoms. The Balaban J connectivity index is 1.38. The SMILES string of the molecule is COc1ccc(-c2ccccc2N2CCN(CCc3ccc(Cl)c(Cl)c3)CC2)cc1. The fourth-order valence-corrected chi connectivity index (χ4v) is 4.28. The highest BCUT2D eigenvalue weighted by Crippen LogP contribution is 2.32. The lowest BCUT2D eigenvalue weighted by molar-refractivity contribution is 0.261. The van der Waals surface area contributed by atoms with Crippen LogP contribution in [0.2, 0.25) is 10.0 Å². The van der Waals surface area contributed by atoms with Crippen LogP contribution in [0.15, 0.2) is 66.7 Å². The molecule has 0 aromatic heterocycles. The third kappa shape index (κ3) is 4.92. The fourth-order valence-electron chi connectivity index (χ4n) is 3.96. The second-order valence-electron chi connectivity index (χ2n) is 7.57. The van der Waals surface area contributed by atoms with Crippen molar-refractivity contribution in [2.45, 2.75) is 6.42 Å².